The highest BCUT2D eigenvalue weighted by atomic mass is 79.9. The van der Waals surface area contributed by atoms with E-state index < -0.39 is 9.84 Å². The monoisotopic (exact) mass is 337 g/mol. The molecule has 3 nitrogen and oxygen atoms in total. The van der Waals surface area contributed by atoms with E-state index in [2.05, 4.69) is 21.2 Å². The van der Waals surface area contributed by atoms with E-state index in [-0.39, 0.29) is 11.8 Å². The zero-order valence-electron chi connectivity index (χ0n) is 10.0. The van der Waals surface area contributed by atoms with Gasteiger partial charge in [-0.1, -0.05) is 30.3 Å². The van der Waals surface area contributed by atoms with Gasteiger partial charge in [0.1, 0.15) is 0 Å². The molecule has 1 N–H and O–H groups in total. The van der Waals surface area contributed by atoms with Gasteiger partial charge in [-0.25, -0.2) is 8.42 Å². The van der Waals surface area contributed by atoms with Crippen molar-refractivity contribution in [2.75, 3.05) is 11.1 Å². The molecule has 1 unspecified atom stereocenters. The van der Waals surface area contributed by atoms with Gasteiger partial charge in [-0.2, -0.15) is 0 Å². The summed E-state index contributed by atoms with van der Waals surface area (Å²) in [6.07, 6.45) is 0. The molecule has 0 aromatic heterocycles. The van der Waals surface area contributed by atoms with Gasteiger partial charge in [-0.05, 0) is 39.7 Å². The molecule has 0 saturated carbocycles. The lowest BCUT2D eigenvalue weighted by Crippen LogP contribution is -2.13. The lowest BCUT2D eigenvalue weighted by Gasteiger charge is -2.15. The van der Waals surface area contributed by atoms with Gasteiger partial charge in [0, 0.05) is 10.2 Å². The van der Waals surface area contributed by atoms with Crippen molar-refractivity contribution in [1.82, 2.24) is 0 Å². The summed E-state index contributed by atoms with van der Waals surface area (Å²) in [5.41, 5.74) is 1.75. The minimum atomic E-state index is -3.17. The standard InChI is InChI=1S/C14H12BrNO2S/c15-11-6-2-3-7-12(11)16-13-9-19(17,18)14-8-4-1-5-10(13)14/h1-8,13,16H,9H2. The predicted molar refractivity (Wildman–Crippen MR) is 79.0 cm³/mol. The van der Waals surface area contributed by atoms with Crippen LogP contribution in [0.5, 0.6) is 0 Å². The fourth-order valence-electron chi connectivity index (χ4n) is 2.34. The van der Waals surface area contributed by atoms with Crippen LogP contribution >= 0.6 is 15.9 Å². The van der Waals surface area contributed by atoms with Gasteiger partial charge in [0.2, 0.25) is 0 Å². The second kappa shape index (κ2) is 4.65. The van der Waals surface area contributed by atoms with E-state index in [4.69, 9.17) is 0 Å². The SMILES string of the molecule is O=S1(=O)CC(Nc2ccccc2Br)c2ccccc21. The number of rotatable bonds is 2. The summed E-state index contributed by atoms with van der Waals surface area (Å²) in [5.74, 6) is 0.105. The van der Waals surface area contributed by atoms with Crippen LogP contribution in [0.3, 0.4) is 0 Å². The van der Waals surface area contributed by atoms with Crippen LogP contribution in [-0.2, 0) is 9.84 Å². The maximum atomic E-state index is 12.1. The molecule has 0 aliphatic carbocycles. The van der Waals surface area contributed by atoms with E-state index in [9.17, 15) is 8.42 Å². The van der Waals surface area contributed by atoms with Gasteiger partial charge < -0.3 is 5.32 Å². The maximum Gasteiger partial charge on any atom is 0.181 e. The van der Waals surface area contributed by atoms with Gasteiger partial charge in [0.05, 0.1) is 16.7 Å². The van der Waals surface area contributed by atoms with Crippen LogP contribution in [0.1, 0.15) is 11.6 Å². The van der Waals surface area contributed by atoms with Gasteiger partial charge in [-0.15, -0.1) is 0 Å². The third-order valence-corrected chi connectivity index (χ3v) is 5.72. The Balaban J connectivity index is 1.99. The van der Waals surface area contributed by atoms with E-state index in [1.54, 1.807) is 12.1 Å². The number of hydrogen-bond acceptors (Lipinski definition) is 3. The summed E-state index contributed by atoms with van der Waals surface area (Å²) in [6, 6.07) is 14.7. The minimum Gasteiger partial charge on any atom is -0.376 e. The molecule has 19 heavy (non-hydrogen) atoms. The largest absolute Gasteiger partial charge is 0.376 e. The Bertz CT molecular complexity index is 728. The topological polar surface area (TPSA) is 46.2 Å². The molecule has 1 heterocycles. The van der Waals surface area contributed by atoms with Crippen molar-refractivity contribution in [3.8, 4) is 0 Å². The smallest absolute Gasteiger partial charge is 0.181 e. The molecule has 2 aromatic carbocycles. The zero-order valence-corrected chi connectivity index (χ0v) is 12.4. The number of fused-ring (bicyclic) bond motifs is 1. The number of halogens is 1. The van der Waals surface area contributed by atoms with Gasteiger partial charge in [0.25, 0.3) is 0 Å². The summed E-state index contributed by atoms with van der Waals surface area (Å²) in [7, 11) is -3.17. The molecule has 98 valence electrons. The normalized spacial score (nSPS) is 19.9. The van der Waals surface area contributed by atoms with E-state index in [1.165, 1.54) is 0 Å². The lowest BCUT2D eigenvalue weighted by atomic mass is 10.1. The number of benzene rings is 2. The number of anilines is 1. The van der Waals surface area contributed by atoms with Crippen LogP contribution in [0.15, 0.2) is 57.9 Å². The van der Waals surface area contributed by atoms with Crippen molar-refractivity contribution >= 4 is 31.5 Å². The van der Waals surface area contributed by atoms with Crippen molar-refractivity contribution in [2.24, 2.45) is 0 Å². The Morgan fingerprint density at radius 2 is 1.74 bits per heavy atom. The molecule has 1 aliphatic heterocycles. The molecule has 0 bridgehead atoms. The Kier molecular flexibility index (Phi) is 3.11. The second-order valence-electron chi connectivity index (χ2n) is 4.50. The van der Waals surface area contributed by atoms with Crippen LogP contribution in [0.4, 0.5) is 5.69 Å². The summed E-state index contributed by atoms with van der Waals surface area (Å²) < 4.78 is 25.1. The molecule has 2 aromatic rings. The third kappa shape index (κ3) is 2.28. The Labute approximate surface area is 120 Å². The number of hydrogen-bond donors (Lipinski definition) is 1. The van der Waals surface area contributed by atoms with Crippen molar-refractivity contribution in [1.29, 1.82) is 0 Å². The zero-order chi connectivity index (χ0) is 13.5. The fourth-order valence-corrected chi connectivity index (χ4v) is 4.47. The molecule has 3 rings (SSSR count). The molecule has 1 atom stereocenters. The van der Waals surface area contributed by atoms with Crippen molar-refractivity contribution in [3.05, 3.63) is 58.6 Å². The first-order valence-electron chi connectivity index (χ1n) is 5.91. The molecule has 0 amide bonds. The summed E-state index contributed by atoms with van der Waals surface area (Å²) >= 11 is 3.46. The van der Waals surface area contributed by atoms with Gasteiger partial charge in [-0.3, -0.25) is 0 Å². The second-order valence-corrected chi connectivity index (χ2v) is 7.35. The van der Waals surface area contributed by atoms with Crippen LogP contribution in [0.2, 0.25) is 0 Å². The molecule has 0 saturated heterocycles. The number of sulfone groups is 1. The quantitative estimate of drug-likeness (QED) is 0.913. The number of para-hydroxylation sites is 1. The lowest BCUT2D eigenvalue weighted by molar-refractivity contribution is 0.598. The molecule has 1 aliphatic rings. The van der Waals surface area contributed by atoms with Crippen LogP contribution in [-0.4, -0.2) is 14.2 Å². The third-order valence-electron chi connectivity index (χ3n) is 3.22. The van der Waals surface area contributed by atoms with Crippen molar-refractivity contribution in [3.63, 3.8) is 0 Å². The first-order valence-corrected chi connectivity index (χ1v) is 8.35. The molecule has 0 fully saturated rings. The van der Waals surface area contributed by atoms with E-state index in [1.807, 2.05) is 36.4 Å². The van der Waals surface area contributed by atoms with Crippen LogP contribution in [0, 0.1) is 0 Å². The number of nitrogens with one attached hydrogen (secondary N) is 1. The van der Waals surface area contributed by atoms with Crippen LogP contribution < -0.4 is 5.32 Å². The molecule has 0 spiro atoms. The fraction of sp³-hybridized carbons (Fsp3) is 0.143. The van der Waals surface area contributed by atoms with E-state index in [0.717, 1.165) is 15.7 Å². The Hall–Kier alpha value is -1.33. The first kappa shape index (κ1) is 12.7. The van der Waals surface area contributed by atoms with E-state index in [0.29, 0.717) is 4.90 Å². The molecular weight excluding hydrogens is 326 g/mol. The molecule has 0 radical (unpaired) electrons. The van der Waals surface area contributed by atoms with E-state index >= 15 is 0 Å². The first-order chi connectivity index (χ1) is 9.08. The van der Waals surface area contributed by atoms with Crippen molar-refractivity contribution < 1.29 is 8.42 Å². The summed E-state index contributed by atoms with van der Waals surface area (Å²) in [4.78, 5) is 0.444. The van der Waals surface area contributed by atoms with Crippen molar-refractivity contribution in [2.45, 2.75) is 10.9 Å². The van der Waals surface area contributed by atoms with Gasteiger partial charge in [0.15, 0.2) is 9.84 Å². The average molecular weight is 338 g/mol. The highest BCUT2D eigenvalue weighted by Gasteiger charge is 2.34. The minimum absolute atomic E-state index is 0.105. The summed E-state index contributed by atoms with van der Waals surface area (Å²) in [6.45, 7) is 0. The average Bonchev–Trinajstić information content (AvgIpc) is 2.65. The maximum absolute atomic E-state index is 12.1. The molecule has 5 heteroatoms. The predicted octanol–water partition coefficient (Wildman–Crippen LogP) is 3.39. The molecular formula is C14H12BrNO2S. The highest BCUT2D eigenvalue weighted by molar-refractivity contribution is 9.10. The Morgan fingerprint density at radius 3 is 2.53 bits per heavy atom. The Morgan fingerprint density at radius 1 is 1.05 bits per heavy atom. The summed E-state index contributed by atoms with van der Waals surface area (Å²) in [5, 5.41) is 3.29. The highest BCUT2D eigenvalue weighted by Crippen LogP contribution is 2.36. The van der Waals surface area contributed by atoms with Gasteiger partial charge >= 0.3 is 0 Å². The van der Waals surface area contributed by atoms with Crippen LogP contribution in [0.25, 0.3) is 0 Å².